The summed E-state index contributed by atoms with van der Waals surface area (Å²) in [6.45, 7) is 4.81. The standard InChI is InChI=1S/C21H31FN4O/c1-2-23-20(25-14-6-13-24-19(27)16-7-5-8-16)26-15-21(11-12-21)17-9-3-4-10-18(17)22/h3-4,9-10,16H,2,5-8,11-15H2,1H3,(H,24,27)(H2,23,25,26). The number of nitrogens with zero attached hydrogens (tertiary/aromatic N) is 1. The summed E-state index contributed by atoms with van der Waals surface area (Å²) in [4.78, 5) is 16.5. The number of carbonyl (C=O) groups excluding carboxylic acids is 1. The lowest BCUT2D eigenvalue weighted by atomic mass is 9.85. The highest BCUT2D eigenvalue weighted by Crippen LogP contribution is 2.49. The zero-order valence-electron chi connectivity index (χ0n) is 16.2. The first-order chi connectivity index (χ1) is 13.1. The van der Waals surface area contributed by atoms with E-state index in [1.807, 2.05) is 19.1 Å². The van der Waals surface area contributed by atoms with Crippen LogP contribution in [0.3, 0.4) is 0 Å². The molecule has 3 rings (SSSR count). The van der Waals surface area contributed by atoms with E-state index in [4.69, 9.17) is 0 Å². The number of halogens is 1. The Bertz CT molecular complexity index is 668. The van der Waals surface area contributed by atoms with Gasteiger partial charge < -0.3 is 16.0 Å². The largest absolute Gasteiger partial charge is 0.357 e. The maximum atomic E-state index is 14.1. The minimum Gasteiger partial charge on any atom is -0.357 e. The molecule has 1 amide bonds. The molecule has 0 radical (unpaired) electrons. The lowest BCUT2D eigenvalue weighted by Gasteiger charge is -2.24. The quantitative estimate of drug-likeness (QED) is 0.354. The van der Waals surface area contributed by atoms with Gasteiger partial charge in [0, 0.05) is 31.0 Å². The van der Waals surface area contributed by atoms with Crippen molar-refractivity contribution in [3.8, 4) is 0 Å². The van der Waals surface area contributed by atoms with Crippen molar-refractivity contribution in [1.29, 1.82) is 0 Å². The first kappa shape index (κ1) is 19.6. The number of hydrogen-bond donors (Lipinski definition) is 3. The van der Waals surface area contributed by atoms with Crippen molar-refractivity contribution < 1.29 is 9.18 Å². The van der Waals surface area contributed by atoms with E-state index < -0.39 is 0 Å². The van der Waals surface area contributed by atoms with Gasteiger partial charge in [-0.25, -0.2) is 4.39 Å². The maximum Gasteiger partial charge on any atom is 0.223 e. The second-order valence-corrected chi connectivity index (χ2v) is 7.65. The van der Waals surface area contributed by atoms with Crippen LogP contribution in [-0.2, 0) is 10.2 Å². The summed E-state index contributed by atoms with van der Waals surface area (Å²) in [5.74, 6) is 1.06. The molecular weight excluding hydrogens is 343 g/mol. The lowest BCUT2D eigenvalue weighted by molar-refractivity contribution is -0.127. The van der Waals surface area contributed by atoms with E-state index in [2.05, 4.69) is 20.9 Å². The van der Waals surface area contributed by atoms with Gasteiger partial charge in [0.1, 0.15) is 5.82 Å². The first-order valence-corrected chi connectivity index (χ1v) is 10.2. The third kappa shape index (κ3) is 5.21. The van der Waals surface area contributed by atoms with Gasteiger partial charge >= 0.3 is 0 Å². The molecule has 0 bridgehead atoms. The summed E-state index contributed by atoms with van der Waals surface area (Å²) in [5, 5.41) is 9.56. The number of nitrogens with one attached hydrogen (secondary N) is 3. The van der Waals surface area contributed by atoms with Crippen LogP contribution in [-0.4, -0.2) is 38.0 Å². The van der Waals surface area contributed by atoms with Crippen molar-refractivity contribution in [3.63, 3.8) is 0 Å². The molecule has 0 aliphatic heterocycles. The molecule has 6 heteroatoms. The van der Waals surface area contributed by atoms with Gasteiger partial charge in [0.15, 0.2) is 5.96 Å². The van der Waals surface area contributed by atoms with Gasteiger partial charge in [0.25, 0.3) is 0 Å². The van der Waals surface area contributed by atoms with Gasteiger partial charge in [-0.05, 0) is 50.7 Å². The summed E-state index contributed by atoms with van der Waals surface area (Å²) in [5.41, 5.74) is 0.632. The van der Waals surface area contributed by atoms with Crippen molar-refractivity contribution >= 4 is 11.9 Å². The van der Waals surface area contributed by atoms with E-state index in [9.17, 15) is 9.18 Å². The number of hydrogen-bond acceptors (Lipinski definition) is 2. The van der Waals surface area contributed by atoms with E-state index >= 15 is 0 Å². The predicted molar refractivity (Wildman–Crippen MR) is 106 cm³/mol. The highest BCUT2D eigenvalue weighted by atomic mass is 19.1. The predicted octanol–water partition coefficient (Wildman–Crippen LogP) is 2.72. The van der Waals surface area contributed by atoms with Gasteiger partial charge in [-0.2, -0.15) is 0 Å². The molecule has 2 fully saturated rings. The molecule has 0 unspecified atom stereocenters. The van der Waals surface area contributed by atoms with Crippen molar-refractivity contribution in [2.75, 3.05) is 26.2 Å². The third-order valence-corrected chi connectivity index (χ3v) is 5.60. The topological polar surface area (TPSA) is 65.5 Å². The summed E-state index contributed by atoms with van der Waals surface area (Å²) in [6.07, 6.45) is 6.04. The number of guanidine groups is 1. The number of amides is 1. The molecule has 148 valence electrons. The van der Waals surface area contributed by atoms with Crippen molar-refractivity contribution in [2.24, 2.45) is 10.9 Å². The second-order valence-electron chi connectivity index (χ2n) is 7.65. The summed E-state index contributed by atoms with van der Waals surface area (Å²) in [6, 6.07) is 7.03. The fourth-order valence-corrected chi connectivity index (χ4v) is 3.45. The van der Waals surface area contributed by atoms with Crippen molar-refractivity contribution in [3.05, 3.63) is 35.6 Å². The minimum atomic E-state index is -0.148. The number of benzene rings is 1. The zero-order chi connectivity index (χ0) is 19.1. The van der Waals surface area contributed by atoms with Crippen molar-refractivity contribution in [2.45, 2.75) is 50.9 Å². The molecular formula is C21H31FN4O. The third-order valence-electron chi connectivity index (χ3n) is 5.60. The molecule has 2 saturated carbocycles. The first-order valence-electron chi connectivity index (χ1n) is 10.2. The molecule has 0 atom stereocenters. The number of rotatable bonds is 9. The molecule has 0 aromatic heterocycles. The van der Waals surface area contributed by atoms with Gasteiger partial charge in [-0.3, -0.25) is 9.79 Å². The lowest BCUT2D eigenvalue weighted by Crippen LogP contribution is -2.40. The Morgan fingerprint density at radius 2 is 1.93 bits per heavy atom. The van der Waals surface area contributed by atoms with Crippen LogP contribution < -0.4 is 16.0 Å². The Balaban J connectivity index is 1.44. The van der Waals surface area contributed by atoms with Crippen LogP contribution in [0.25, 0.3) is 0 Å². The van der Waals surface area contributed by atoms with E-state index in [1.165, 1.54) is 12.5 Å². The molecule has 1 aromatic rings. The fraction of sp³-hybridized carbons (Fsp3) is 0.619. The average Bonchev–Trinajstić information content (AvgIpc) is 3.39. The smallest absolute Gasteiger partial charge is 0.223 e. The highest BCUT2D eigenvalue weighted by Gasteiger charge is 2.45. The summed E-state index contributed by atoms with van der Waals surface area (Å²) < 4.78 is 14.1. The van der Waals surface area contributed by atoms with Gasteiger partial charge in [-0.15, -0.1) is 0 Å². The van der Waals surface area contributed by atoms with E-state index in [-0.39, 0.29) is 23.1 Å². The maximum absolute atomic E-state index is 14.1. The number of carbonyl (C=O) groups is 1. The van der Waals surface area contributed by atoms with Crippen LogP contribution in [0.1, 0.15) is 51.0 Å². The van der Waals surface area contributed by atoms with E-state index in [0.717, 1.165) is 56.7 Å². The number of aliphatic imine (C=N–C) groups is 1. The Morgan fingerprint density at radius 1 is 1.19 bits per heavy atom. The molecule has 0 saturated heterocycles. The Labute approximate surface area is 161 Å². The monoisotopic (exact) mass is 374 g/mol. The molecule has 5 nitrogen and oxygen atoms in total. The highest BCUT2D eigenvalue weighted by molar-refractivity contribution is 5.80. The molecule has 27 heavy (non-hydrogen) atoms. The van der Waals surface area contributed by atoms with Crippen LogP contribution in [0.15, 0.2) is 29.3 Å². The SMILES string of the molecule is CCNC(=NCC1(c2ccccc2F)CC1)NCCCNC(=O)C1CCC1. The summed E-state index contributed by atoms with van der Waals surface area (Å²) in [7, 11) is 0. The molecule has 0 heterocycles. The zero-order valence-corrected chi connectivity index (χ0v) is 16.2. The van der Waals surface area contributed by atoms with E-state index in [0.29, 0.717) is 13.1 Å². The molecule has 0 spiro atoms. The van der Waals surface area contributed by atoms with E-state index in [1.54, 1.807) is 6.07 Å². The fourth-order valence-electron chi connectivity index (χ4n) is 3.45. The van der Waals surface area contributed by atoms with Crippen LogP contribution in [0, 0.1) is 11.7 Å². The van der Waals surface area contributed by atoms with Gasteiger partial charge in [0.2, 0.25) is 5.91 Å². The van der Waals surface area contributed by atoms with Crippen LogP contribution >= 0.6 is 0 Å². The Kier molecular flexibility index (Phi) is 6.69. The van der Waals surface area contributed by atoms with Crippen LogP contribution in [0.4, 0.5) is 4.39 Å². The molecule has 1 aromatic carbocycles. The van der Waals surface area contributed by atoms with Crippen molar-refractivity contribution in [1.82, 2.24) is 16.0 Å². The van der Waals surface area contributed by atoms with Crippen LogP contribution in [0.5, 0.6) is 0 Å². The normalized spacial score (nSPS) is 18.5. The molecule has 3 N–H and O–H groups in total. The molecule has 2 aliphatic rings. The van der Waals surface area contributed by atoms with Gasteiger partial charge in [-0.1, -0.05) is 24.6 Å². The summed E-state index contributed by atoms with van der Waals surface area (Å²) >= 11 is 0. The second kappa shape index (κ2) is 9.20. The van der Waals surface area contributed by atoms with Gasteiger partial charge in [0.05, 0.1) is 6.54 Å². The minimum absolute atomic E-state index is 0.134. The Morgan fingerprint density at radius 3 is 2.56 bits per heavy atom. The van der Waals surface area contributed by atoms with Crippen LogP contribution in [0.2, 0.25) is 0 Å². The average molecular weight is 375 g/mol. The Hall–Kier alpha value is -2.11. The molecule has 2 aliphatic carbocycles.